The number of nitro groups is 1. The standard InChI is InChI=1S/C21H21F2N3O5/c1-13(16-6-4-14(22)10-18(16)23)24-20(27)12-31-21(28)17-11-15(26(29)30)5-7-19(17)25-8-2-3-9-25/h4-7,10-11,13H,2-3,8-9,12H2,1H3,(H,24,27). The first kappa shape index (κ1) is 22.1. The number of rotatable bonds is 7. The van der Waals surface area contributed by atoms with Gasteiger partial charge in [0.05, 0.1) is 22.2 Å². The Morgan fingerprint density at radius 1 is 1.19 bits per heavy atom. The lowest BCUT2D eigenvalue weighted by molar-refractivity contribution is -0.384. The van der Waals surface area contributed by atoms with E-state index in [1.54, 1.807) is 0 Å². The summed E-state index contributed by atoms with van der Waals surface area (Å²) in [5, 5.41) is 13.6. The molecule has 0 aliphatic carbocycles. The fourth-order valence-electron chi connectivity index (χ4n) is 3.46. The summed E-state index contributed by atoms with van der Waals surface area (Å²) >= 11 is 0. The number of ether oxygens (including phenoxy) is 1. The van der Waals surface area contributed by atoms with Crippen molar-refractivity contribution in [3.05, 3.63) is 69.3 Å². The lowest BCUT2D eigenvalue weighted by Crippen LogP contribution is -2.32. The van der Waals surface area contributed by atoms with Gasteiger partial charge >= 0.3 is 5.97 Å². The largest absolute Gasteiger partial charge is 0.452 e. The molecule has 0 bridgehead atoms. The van der Waals surface area contributed by atoms with E-state index in [4.69, 9.17) is 4.74 Å². The molecule has 3 rings (SSSR count). The van der Waals surface area contributed by atoms with Crippen LogP contribution >= 0.6 is 0 Å². The molecule has 164 valence electrons. The van der Waals surface area contributed by atoms with Crippen molar-refractivity contribution in [3.63, 3.8) is 0 Å². The highest BCUT2D eigenvalue weighted by Crippen LogP contribution is 2.29. The summed E-state index contributed by atoms with van der Waals surface area (Å²) in [6.45, 7) is 2.26. The van der Waals surface area contributed by atoms with Crippen molar-refractivity contribution in [1.82, 2.24) is 5.32 Å². The minimum Gasteiger partial charge on any atom is -0.452 e. The first-order valence-corrected chi connectivity index (χ1v) is 9.71. The zero-order chi connectivity index (χ0) is 22.5. The number of benzene rings is 2. The molecule has 2 aromatic rings. The molecule has 0 saturated carbocycles. The van der Waals surface area contributed by atoms with Gasteiger partial charge in [-0.3, -0.25) is 14.9 Å². The molecular formula is C21H21F2N3O5. The Labute approximate surface area is 176 Å². The molecule has 1 aliphatic heterocycles. The van der Waals surface area contributed by atoms with Crippen molar-refractivity contribution < 1.29 is 28.0 Å². The summed E-state index contributed by atoms with van der Waals surface area (Å²) in [6, 6.07) is 6.15. The number of non-ortho nitro benzene ring substituents is 1. The molecule has 8 nitrogen and oxygen atoms in total. The van der Waals surface area contributed by atoms with Gasteiger partial charge in [0, 0.05) is 36.9 Å². The van der Waals surface area contributed by atoms with Gasteiger partial charge in [-0.1, -0.05) is 6.07 Å². The fraction of sp³-hybridized carbons (Fsp3) is 0.333. The second-order valence-corrected chi connectivity index (χ2v) is 7.18. The first-order chi connectivity index (χ1) is 14.8. The minimum atomic E-state index is -0.874. The Balaban J connectivity index is 1.67. The Bertz CT molecular complexity index is 1010. The molecule has 1 amide bonds. The van der Waals surface area contributed by atoms with Gasteiger partial charge in [-0.25, -0.2) is 13.6 Å². The number of esters is 1. The van der Waals surface area contributed by atoms with Crippen LogP contribution in [0.1, 0.15) is 41.7 Å². The average molecular weight is 433 g/mol. The smallest absolute Gasteiger partial charge is 0.341 e. The van der Waals surface area contributed by atoms with Crippen LogP contribution < -0.4 is 10.2 Å². The van der Waals surface area contributed by atoms with Gasteiger partial charge in [0.2, 0.25) is 0 Å². The third-order valence-corrected chi connectivity index (χ3v) is 5.00. The maximum Gasteiger partial charge on any atom is 0.341 e. The van der Waals surface area contributed by atoms with Gasteiger partial charge in [0.1, 0.15) is 11.6 Å². The molecule has 1 heterocycles. The molecule has 2 aromatic carbocycles. The molecular weight excluding hydrogens is 412 g/mol. The van der Waals surface area contributed by atoms with Crippen LogP contribution in [0.25, 0.3) is 0 Å². The summed E-state index contributed by atoms with van der Waals surface area (Å²) in [5.41, 5.74) is 0.327. The molecule has 1 N–H and O–H groups in total. The molecule has 0 spiro atoms. The number of nitrogens with zero attached hydrogens (tertiary/aromatic N) is 2. The number of nitrogens with one attached hydrogen (secondary N) is 1. The van der Waals surface area contributed by atoms with Crippen molar-refractivity contribution in [2.45, 2.75) is 25.8 Å². The number of nitro benzene ring substituents is 1. The van der Waals surface area contributed by atoms with Gasteiger partial charge in [0.25, 0.3) is 11.6 Å². The second-order valence-electron chi connectivity index (χ2n) is 7.18. The maximum absolute atomic E-state index is 13.8. The predicted molar refractivity (Wildman–Crippen MR) is 108 cm³/mol. The molecule has 1 atom stereocenters. The van der Waals surface area contributed by atoms with Crippen LogP contribution in [0, 0.1) is 21.7 Å². The van der Waals surface area contributed by atoms with E-state index in [0.29, 0.717) is 24.8 Å². The quantitative estimate of drug-likeness (QED) is 0.407. The molecule has 1 saturated heterocycles. The van der Waals surface area contributed by atoms with E-state index in [0.717, 1.165) is 25.0 Å². The summed E-state index contributed by atoms with van der Waals surface area (Å²) < 4.78 is 31.9. The normalized spacial score (nSPS) is 14.2. The van der Waals surface area contributed by atoms with Gasteiger partial charge < -0.3 is 15.0 Å². The van der Waals surface area contributed by atoms with Gasteiger partial charge in [-0.15, -0.1) is 0 Å². The molecule has 1 unspecified atom stereocenters. The van der Waals surface area contributed by atoms with Crippen LogP contribution in [-0.2, 0) is 9.53 Å². The number of hydrogen-bond acceptors (Lipinski definition) is 6. The van der Waals surface area contributed by atoms with Crippen molar-refractivity contribution in [3.8, 4) is 0 Å². The van der Waals surface area contributed by atoms with Crippen LogP contribution in [0.3, 0.4) is 0 Å². The highest BCUT2D eigenvalue weighted by Gasteiger charge is 2.24. The Kier molecular flexibility index (Phi) is 6.78. The highest BCUT2D eigenvalue weighted by atomic mass is 19.1. The Hall–Kier alpha value is -3.56. The Morgan fingerprint density at radius 2 is 1.90 bits per heavy atom. The Morgan fingerprint density at radius 3 is 2.55 bits per heavy atom. The van der Waals surface area contributed by atoms with E-state index in [1.807, 2.05) is 4.90 Å². The number of carbonyl (C=O) groups excluding carboxylic acids is 2. The summed E-state index contributed by atoms with van der Waals surface area (Å²) in [6.07, 6.45) is 1.87. The van der Waals surface area contributed by atoms with E-state index in [1.165, 1.54) is 25.1 Å². The number of anilines is 1. The number of carbonyl (C=O) groups is 2. The van der Waals surface area contributed by atoms with Crippen molar-refractivity contribution in [2.75, 3.05) is 24.6 Å². The molecule has 1 fully saturated rings. The first-order valence-electron chi connectivity index (χ1n) is 9.71. The molecule has 31 heavy (non-hydrogen) atoms. The van der Waals surface area contributed by atoms with E-state index in [-0.39, 0.29) is 16.8 Å². The summed E-state index contributed by atoms with van der Waals surface area (Å²) in [7, 11) is 0. The monoisotopic (exact) mass is 433 g/mol. The second kappa shape index (κ2) is 9.50. The summed E-state index contributed by atoms with van der Waals surface area (Å²) in [5.74, 6) is -3.12. The number of hydrogen-bond donors (Lipinski definition) is 1. The van der Waals surface area contributed by atoms with Crippen molar-refractivity contribution in [1.29, 1.82) is 0 Å². The maximum atomic E-state index is 13.8. The zero-order valence-electron chi connectivity index (χ0n) is 16.8. The summed E-state index contributed by atoms with van der Waals surface area (Å²) in [4.78, 5) is 37.2. The average Bonchev–Trinajstić information content (AvgIpc) is 3.26. The molecule has 10 heteroatoms. The minimum absolute atomic E-state index is 0.00141. The lowest BCUT2D eigenvalue weighted by atomic mass is 10.1. The molecule has 0 radical (unpaired) electrons. The van der Waals surface area contributed by atoms with E-state index in [2.05, 4.69) is 5.32 Å². The topological polar surface area (TPSA) is 102 Å². The van der Waals surface area contributed by atoms with Crippen LogP contribution in [0.2, 0.25) is 0 Å². The van der Waals surface area contributed by atoms with E-state index in [9.17, 15) is 28.5 Å². The van der Waals surface area contributed by atoms with Crippen LogP contribution in [0.15, 0.2) is 36.4 Å². The predicted octanol–water partition coefficient (Wildman–Crippen LogP) is 3.51. The lowest BCUT2D eigenvalue weighted by Gasteiger charge is -2.20. The van der Waals surface area contributed by atoms with Crippen molar-refractivity contribution >= 4 is 23.3 Å². The van der Waals surface area contributed by atoms with Gasteiger partial charge in [-0.2, -0.15) is 0 Å². The van der Waals surface area contributed by atoms with Crippen LogP contribution in [-0.4, -0.2) is 36.5 Å². The fourth-order valence-corrected chi connectivity index (χ4v) is 3.46. The number of amides is 1. The molecule has 0 aromatic heterocycles. The van der Waals surface area contributed by atoms with E-state index >= 15 is 0 Å². The van der Waals surface area contributed by atoms with Crippen LogP contribution in [0.5, 0.6) is 0 Å². The zero-order valence-corrected chi connectivity index (χ0v) is 16.8. The third kappa shape index (κ3) is 5.33. The highest BCUT2D eigenvalue weighted by molar-refractivity contribution is 5.97. The SMILES string of the molecule is CC(NC(=O)COC(=O)c1cc([N+](=O)[O-])ccc1N1CCCC1)c1ccc(F)cc1F. The third-order valence-electron chi connectivity index (χ3n) is 5.00. The van der Waals surface area contributed by atoms with Gasteiger partial charge in [0.15, 0.2) is 6.61 Å². The van der Waals surface area contributed by atoms with E-state index < -0.39 is 41.1 Å². The molecule has 1 aliphatic rings. The van der Waals surface area contributed by atoms with Crippen LogP contribution in [0.4, 0.5) is 20.2 Å². The van der Waals surface area contributed by atoms with Gasteiger partial charge in [-0.05, 0) is 31.9 Å². The number of halogens is 2. The van der Waals surface area contributed by atoms with Crippen molar-refractivity contribution in [2.24, 2.45) is 0 Å².